The predicted molar refractivity (Wildman–Crippen MR) is 93.0 cm³/mol. The van der Waals surface area contributed by atoms with Crippen LogP contribution in [0, 0.1) is 24.4 Å². The third-order valence-electron chi connectivity index (χ3n) is 3.62. The molecule has 1 aromatic heterocycles. The number of aromatic nitrogens is 1. The summed E-state index contributed by atoms with van der Waals surface area (Å²) >= 11 is 0. The zero-order valence-corrected chi connectivity index (χ0v) is 13.7. The highest BCUT2D eigenvalue weighted by Gasteiger charge is 2.14. The van der Waals surface area contributed by atoms with Crippen LogP contribution in [-0.4, -0.2) is 10.9 Å². The van der Waals surface area contributed by atoms with Crippen molar-refractivity contribution in [3.05, 3.63) is 83.4 Å². The lowest BCUT2D eigenvalue weighted by Gasteiger charge is -2.10. The van der Waals surface area contributed by atoms with Crippen molar-refractivity contribution in [2.24, 2.45) is 0 Å². The summed E-state index contributed by atoms with van der Waals surface area (Å²) < 4.78 is 40.0. The highest BCUT2D eigenvalue weighted by Crippen LogP contribution is 2.23. The van der Waals surface area contributed by atoms with Crippen molar-refractivity contribution in [3.63, 3.8) is 0 Å². The van der Waals surface area contributed by atoms with E-state index in [1.54, 1.807) is 12.1 Å². The number of halogens is 3. The molecule has 0 aliphatic carbocycles. The van der Waals surface area contributed by atoms with E-state index in [0.717, 1.165) is 17.7 Å². The fraction of sp³-hybridized carbons (Fsp3) is 0.0526. The number of carbonyl (C=O) groups excluding carboxylic acids is 1. The van der Waals surface area contributed by atoms with Gasteiger partial charge in [-0.15, -0.1) is 0 Å². The van der Waals surface area contributed by atoms with E-state index in [1.165, 1.54) is 18.5 Å². The van der Waals surface area contributed by atoms with E-state index in [-0.39, 0.29) is 16.9 Å². The topological polar surface area (TPSA) is 54.0 Å². The Balaban J connectivity index is 1.79. The molecule has 7 heteroatoms. The zero-order valence-electron chi connectivity index (χ0n) is 13.7. The second kappa shape index (κ2) is 7.26. The number of rotatable bonds is 4. The van der Waals surface area contributed by atoms with E-state index in [4.69, 9.17) is 0 Å². The van der Waals surface area contributed by atoms with Crippen LogP contribution in [0.5, 0.6) is 0 Å². The molecule has 2 aromatic carbocycles. The van der Waals surface area contributed by atoms with Crippen LogP contribution in [0.25, 0.3) is 0 Å². The Morgan fingerprint density at radius 1 is 0.923 bits per heavy atom. The van der Waals surface area contributed by atoms with E-state index < -0.39 is 23.4 Å². The summed E-state index contributed by atoms with van der Waals surface area (Å²) in [4.78, 5) is 16.2. The lowest BCUT2D eigenvalue weighted by Crippen LogP contribution is -2.12. The van der Waals surface area contributed by atoms with E-state index in [1.807, 2.05) is 19.1 Å². The molecule has 0 fully saturated rings. The van der Waals surface area contributed by atoms with Crippen LogP contribution in [-0.2, 0) is 0 Å². The lowest BCUT2D eigenvalue weighted by atomic mass is 10.2. The highest BCUT2D eigenvalue weighted by atomic mass is 19.2. The maximum Gasteiger partial charge on any atom is 0.257 e. The van der Waals surface area contributed by atoms with Crippen molar-refractivity contribution >= 4 is 23.0 Å². The number of hydrogen-bond acceptors (Lipinski definition) is 3. The number of benzene rings is 2. The van der Waals surface area contributed by atoms with Gasteiger partial charge < -0.3 is 10.6 Å². The van der Waals surface area contributed by atoms with Crippen LogP contribution in [0.15, 0.2) is 54.9 Å². The molecule has 0 radical (unpaired) electrons. The van der Waals surface area contributed by atoms with Gasteiger partial charge in [-0.25, -0.2) is 13.2 Å². The van der Waals surface area contributed by atoms with Gasteiger partial charge in [0, 0.05) is 11.9 Å². The molecule has 1 heterocycles. The molecule has 26 heavy (non-hydrogen) atoms. The number of anilines is 3. The van der Waals surface area contributed by atoms with Gasteiger partial charge in [0.1, 0.15) is 0 Å². The molecule has 0 aliphatic heterocycles. The molecule has 1 amide bonds. The highest BCUT2D eigenvalue weighted by molar-refractivity contribution is 6.04. The van der Waals surface area contributed by atoms with Gasteiger partial charge in [0.15, 0.2) is 17.5 Å². The van der Waals surface area contributed by atoms with Gasteiger partial charge in [0.05, 0.1) is 23.1 Å². The number of carbonyl (C=O) groups is 1. The average Bonchev–Trinajstić information content (AvgIpc) is 2.64. The Kier molecular flexibility index (Phi) is 4.88. The average molecular weight is 357 g/mol. The molecule has 0 atom stereocenters. The van der Waals surface area contributed by atoms with Crippen LogP contribution in [0.3, 0.4) is 0 Å². The first-order valence-electron chi connectivity index (χ1n) is 7.67. The molecule has 0 unspecified atom stereocenters. The number of nitrogens with one attached hydrogen (secondary N) is 2. The number of nitrogens with zero attached hydrogens (tertiary/aromatic N) is 1. The van der Waals surface area contributed by atoms with Crippen LogP contribution < -0.4 is 10.6 Å². The molecule has 4 nitrogen and oxygen atoms in total. The summed E-state index contributed by atoms with van der Waals surface area (Å²) in [7, 11) is 0. The first-order chi connectivity index (χ1) is 12.4. The van der Waals surface area contributed by atoms with Crippen molar-refractivity contribution in [2.45, 2.75) is 6.92 Å². The summed E-state index contributed by atoms with van der Waals surface area (Å²) in [6, 6.07) is 10.5. The van der Waals surface area contributed by atoms with Gasteiger partial charge in [-0.2, -0.15) is 0 Å². The lowest BCUT2D eigenvalue weighted by molar-refractivity contribution is 0.102. The third kappa shape index (κ3) is 3.83. The van der Waals surface area contributed by atoms with Crippen LogP contribution in [0.4, 0.5) is 30.2 Å². The van der Waals surface area contributed by atoms with Gasteiger partial charge in [0.25, 0.3) is 5.91 Å². The van der Waals surface area contributed by atoms with Crippen LogP contribution in [0.1, 0.15) is 15.9 Å². The number of aryl methyl sites for hydroxylation is 1. The van der Waals surface area contributed by atoms with Gasteiger partial charge in [-0.05, 0) is 37.3 Å². The van der Waals surface area contributed by atoms with Crippen molar-refractivity contribution in [1.82, 2.24) is 4.98 Å². The number of amides is 1. The SMILES string of the molecule is Cc1ccc(NC(=O)c2cncc(Nc3ccc(F)c(F)c3F)c2)cc1. The normalized spacial score (nSPS) is 10.5. The summed E-state index contributed by atoms with van der Waals surface area (Å²) in [5, 5.41) is 5.30. The molecular weight excluding hydrogens is 343 g/mol. The first kappa shape index (κ1) is 17.5. The third-order valence-corrected chi connectivity index (χ3v) is 3.62. The summed E-state index contributed by atoms with van der Waals surface area (Å²) in [6.07, 6.45) is 2.68. The second-order valence-corrected chi connectivity index (χ2v) is 5.63. The Bertz CT molecular complexity index is 959. The fourth-order valence-corrected chi connectivity index (χ4v) is 2.25. The molecule has 2 N–H and O–H groups in total. The summed E-state index contributed by atoms with van der Waals surface area (Å²) in [5.41, 5.74) is 1.89. The molecule has 0 saturated carbocycles. The fourth-order valence-electron chi connectivity index (χ4n) is 2.25. The maximum absolute atomic E-state index is 13.8. The van der Waals surface area contributed by atoms with E-state index >= 15 is 0 Å². The van der Waals surface area contributed by atoms with Crippen molar-refractivity contribution in [1.29, 1.82) is 0 Å². The van der Waals surface area contributed by atoms with Crippen molar-refractivity contribution < 1.29 is 18.0 Å². The monoisotopic (exact) mass is 357 g/mol. The van der Waals surface area contributed by atoms with Crippen LogP contribution in [0.2, 0.25) is 0 Å². The minimum Gasteiger partial charge on any atom is -0.352 e. The Hall–Kier alpha value is -3.35. The summed E-state index contributed by atoms with van der Waals surface area (Å²) in [5.74, 6) is -4.61. The van der Waals surface area contributed by atoms with Crippen molar-refractivity contribution in [3.8, 4) is 0 Å². The zero-order chi connectivity index (χ0) is 18.7. The Labute approximate surface area is 147 Å². The Morgan fingerprint density at radius 3 is 2.38 bits per heavy atom. The summed E-state index contributed by atoms with van der Waals surface area (Å²) in [6.45, 7) is 1.93. The van der Waals surface area contributed by atoms with Gasteiger partial charge in [-0.1, -0.05) is 17.7 Å². The minimum absolute atomic E-state index is 0.221. The quantitative estimate of drug-likeness (QED) is 0.659. The molecule has 0 bridgehead atoms. The molecule has 0 aliphatic rings. The molecular formula is C19H14F3N3O. The second-order valence-electron chi connectivity index (χ2n) is 5.63. The molecule has 132 valence electrons. The van der Waals surface area contributed by atoms with Gasteiger partial charge in [-0.3, -0.25) is 9.78 Å². The number of pyridine rings is 1. The Morgan fingerprint density at radius 2 is 1.65 bits per heavy atom. The van der Waals surface area contributed by atoms with Crippen molar-refractivity contribution in [2.75, 3.05) is 10.6 Å². The largest absolute Gasteiger partial charge is 0.352 e. The smallest absolute Gasteiger partial charge is 0.257 e. The maximum atomic E-state index is 13.8. The van der Waals surface area contributed by atoms with Crippen LogP contribution >= 0.6 is 0 Å². The van der Waals surface area contributed by atoms with E-state index in [0.29, 0.717) is 5.69 Å². The van der Waals surface area contributed by atoms with Gasteiger partial charge >= 0.3 is 0 Å². The number of hydrogen-bond donors (Lipinski definition) is 2. The molecule has 0 saturated heterocycles. The minimum atomic E-state index is -1.57. The molecule has 0 spiro atoms. The van der Waals surface area contributed by atoms with E-state index in [2.05, 4.69) is 15.6 Å². The van der Waals surface area contributed by atoms with E-state index in [9.17, 15) is 18.0 Å². The van der Waals surface area contributed by atoms with Gasteiger partial charge in [0.2, 0.25) is 0 Å². The molecule has 3 aromatic rings. The molecule has 3 rings (SSSR count). The first-order valence-corrected chi connectivity index (χ1v) is 7.67. The predicted octanol–water partition coefficient (Wildman–Crippen LogP) is 4.80. The standard InChI is InChI=1S/C19H14F3N3O/c1-11-2-4-13(5-3-11)25-19(26)12-8-14(10-23-9-12)24-16-7-6-15(20)17(21)18(16)22/h2-10,24H,1H3,(H,25,26).